The van der Waals surface area contributed by atoms with Crippen LogP contribution in [0.1, 0.15) is 43.7 Å². The van der Waals surface area contributed by atoms with Crippen LogP contribution in [0.3, 0.4) is 0 Å². The Bertz CT molecular complexity index is 698. The van der Waals surface area contributed by atoms with Crippen molar-refractivity contribution in [3.05, 3.63) is 59.8 Å². The van der Waals surface area contributed by atoms with E-state index in [0.29, 0.717) is 18.4 Å². The first-order valence-electron chi connectivity index (χ1n) is 8.14. The normalized spacial score (nSPS) is 19.1. The smallest absolute Gasteiger partial charge is 0.194 e. The molecule has 1 aliphatic rings. The second-order valence-corrected chi connectivity index (χ2v) is 6.77. The molecule has 1 atom stereocenters. The number of benzene rings is 1. The third kappa shape index (κ3) is 4.26. The first-order valence-corrected chi connectivity index (χ1v) is 8.14. The maximum absolute atomic E-state index is 6.00. The fraction of sp³-hybridized carbons (Fsp3) is 0.368. The van der Waals surface area contributed by atoms with E-state index in [9.17, 15) is 0 Å². The molecule has 2 aromatic rings. The highest BCUT2D eigenvalue weighted by Crippen LogP contribution is 2.42. The van der Waals surface area contributed by atoms with Gasteiger partial charge in [0.15, 0.2) is 5.96 Å². The third-order valence-corrected chi connectivity index (χ3v) is 4.65. The molecular formula is C19H25IN4. The fourth-order valence-electron chi connectivity index (χ4n) is 3.30. The Labute approximate surface area is 161 Å². The van der Waals surface area contributed by atoms with E-state index in [1.54, 1.807) is 6.20 Å². The van der Waals surface area contributed by atoms with Gasteiger partial charge in [-0.3, -0.25) is 4.99 Å². The van der Waals surface area contributed by atoms with Crippen LogP contribution in [0.4, 0.5) is 5.82 Å². The zero-order chi connectivity index (χ0) is 16.3. The average Bonchev–Trinajstić information content (AvgIpc) is 2.55. The number of nitrogens with two attached hydrogens (primary N) is 1. The molecule has 0 aliphatic heterocycles. The average molecular weight is 436 g/mol. The second-order valence-electron chi connectivity index (χ2n) is 6.77. The molecule has 1 aromatic heterocycles. The highest BCUT2D eigenvalue weighted by atomic mass is 127. The van der Waals surface area contributed by atoms with Gasteiger partial charge in [-0.05, 0) is 41.5 Å². The Morgan fingerprint density at radius 3 is 2.75 bits per heavy atom. The zero-order valence-corrected chi connectivity index (χ0v) is 16.5. The van der Waals surface area contributed by atoms with Crippen LogP contribution in [0, 0.1) is 0 Å². The molecular weight excluding hydrogens is 411 g/mol. The number of nitrogens with one attached hydrogen (secondary N) is 1. The van der Waals surface area contributed by atoms with Crippen molar-refractivity contribution in [3.63, 3.8) is 0 Å². The maximum Gasteiger partial charge on any atom is 0.194 e. The second kappa shape index (κ2) is 7.96. The SMILES string of the molecule is CC1(C)CCC(CN=C(N)Nc2ccccn2)c2ccccc21.I. The lowest BCUT2D eigenvalue weighted by Crippen LogP contribution is -2.28. The molecule has 1 heterocycles. The van der Waals surface area contributed by atoms with E-state index < -0.39 is 0 Å². The number of halogens is 1. The Kier molecular flexibility index (Phi) is 6.21. The van der Waals surface area contributed by atoms with Gasteiger partial charge < -0.3 is 11.1 Å². The predicted molar refractivity (Wildman–Crippen MR) is 111 cm³/mol. The highest BCUT2D eigenvalue weighted by Gasteiger charge is 2.31. The molecule has 128 valence electrons. The molecule has 1 unspecified atom stereocenters. The van der Waals surface area contributed by atoms with E-state index in [4.69, 9.17) is 5.73 Å². The molecule has 0 fully saturated rings. The molecule has 0 saturated heterocycles. The zero-order valence-electron chi connectivity index (χ0n) is 14.2. The van der Waals surface area contributed by atoms with Gasteiger partial charge in [-0.15, -0.1) is 24.0 Å². The number of guanidine groups is 1. The van der Waals surface area contributed by atoms with Crippen molar-refractivity contribution in [2.24, 2.45) is 10.7 Å². The number of rotatable bonds is 3. The van der Waals surface area contributed by atoms with Gasteiger partial charge in [0.05, 0.1) is 0 Å². The van der Waals surface area contributed by atoms with Crippen LogP contribution in [0.25, 0.3) is 0 Å². The molecule has 24 heavy (non-hydrogen) atoms. The number of hydrogen-bond acceptors (Lipinski definition) is 2. The van der Waals surface area contributed by atoms with E-state index >= 15 is 0 Å². The summed E-state index contributed by atoms with van der Waals surface area (Å²) in [7, 11) is 0. The Balaban J connectivity index is 0.00000208. The van der Waals surface area contributed by atoms with E-state index in [1.807, 2.05) is 18.2 Å². The molecule has 0 bridgehead atoms. The summed E-state index contributed by atoms with van der Waals surface area (Å²) < 4.78 is 0. The van der Waals surface area contributed by atoms with Crippen LogP contribution < -0.4 is 11.1 Å². The minimum Gasteiger partial charge on any atom is -0.370 e. The maximum atomic E-state index is 6.00. The topological polar surface area (TPSA) is 63.3 Å². The molecule has 3 rings (SSSR count). The lowest BCUT2D eigenvalue weighted by Gasteiger charge is -2.36. The summed E-state index contributed by atoms with van der Waals surface area (Å²) in [5.74, 6) is 1.58. The first kappa shape index (κ1) is 18.7. The molecule has 0 spiro atoms. The number of aliphatic imine (C=N–C) groups is 1. The van der Waals surface area contributed by atoms with E-state index in [1.165, 1.54) is 17.5 Å². The molecule has 5 heteroatoms. The van der Waals surface area contributed by atoms with E-state index in [-0.39, 0.29) is 29.4 Å². The number of fused-ring (bicyclic) bond motifs is 1. The van der Waals surface area contributed by atoms with Crippen LogP contribution in [-0.2, 0) is 5.41 Å². The van der Waals surface area contributed by atoms with Crippen molar-refractivity contribution in [2.75, 3.05) is 11.9 Å². The van der Waals surface area contributed by atoms with Gasteiger partial charge in [-0.1, -0.05) is 44.2 Å². The van der Waals surface area contributed by atoms with Crippen LogP contribution in [0.2, 0.25) is 0 Å². The van der Waals surface area contributed by atoms with Gasteiger partial charge in [0, 0.05) is 18.7 Å². The molecule has 3 N–H and O–H groups in total. The van der Waals surface area contributed by atoms with Gasteiger partial charge >= 0.3 is 0 Å². The van der Waals surface area contributed by atoms with Gasteiger partial charge in [0.25, 0.3) is 0 Å². The van der Waals surface area contributed by atoms with Crippen molar-refractivity contribution in [1.29, 1.82) is 0 Å². The summed E-state index contributed by atoms with van der Waals surface area (Å²) >= 11 is 0. The minimum atomic E-state index is 0. The molecule has 0 saturated carbocycles. The molecule has 0 radical (unpaired) electrons. The Morgan fingerprint density at radius 1 is 1.25 bits per heavy atom. The predicted octanol–water partition coefficient (Wildman–Crippen LogP) is 4.28. The quantitative estimate of drug-likeness (QED) is 0.429. The van der Waals surface area contributed by atoms with Gasteiger partial charge in [-0.2, -0.15) is 0 Å². The monoisotopic (exact) mass is 436 g/mol. The van der Waals surface area contributed by atoms with Gasteiger partial charge in [0.2, 0.25) is 0 Å². The van der Waals surface area contributed by atoms with Crippen molar-refractivity contribution >= 4 is 35.8 Å². The van der Waals surface area contributed by atoms with E-state index in [2.05, 4.69) is 53.4 Å². The van der Waals surface area contributed by atoms with Crippen molar-refractivity contribution in [1.82, 2.24) is 4.98 Å². The standard InChI is InChI=1S/C19H24N4.HI/c1-19(2)11-10-14(15-7-3-4-8-16(15)19)13-22-18(20)23-17-9-5-6-12-21-17;/h3-9,12,14H,10-11,13H2,1-2H3,(H3,20,21,22,23);1H. The largest absolute Gasteiger partial charge is 0.370 e. The molecule has 1 aromatic carbocycles. The van der Waals surface area contributed by atoms with Crippen LogP contribution in [0.5, 0.6) is 0 Å². The summed E-state index contributed by atoms with van der Waals surface area (Å²) in [5, 5.41) is 3.04. The number of hydrogen-bond donors (Lipinski definition) is 2. The van der Waals surface area contributed by atoms with Crippen molar-refractivity contribution in [2.45, 2.75) is 38.0 Å². The first-order chi connectivity index (χ1) is 11.1. The Hall–Kier alpha value is -1.63. The van der Waals surface area contributed by atoms with E-state index in [0.717, 1.165) is 12.2 Å². The number of anilines is 1. The highest BCUT2D eigenvalue weighted by molar-refractivity contribution is 14.0. The van der Waals surface area contributed by atoms with Crippen LogP contribution in [-0.4, -0.2) is 17.5 Å². The number of aromatic nitrogens is 1. The molecule has 1 aliphatic carbocycles. The minimum absolute atomic E-state index is 0. The Morgan fingerprint density at radius 2 is 2.00 bits per heavy atom. The number of pyridine rings is 1. The lowest BCUT2D eigenvalue weighted by molar-refractivity contribution is 0.395. The lowest BCUT2D eigenvalue weighted by atomic mass is 9.69. The van der Waals surface area contributed by atoms with Gasteiger partial charge in [-0.25, -0.2) is 4.98 Å². The summed E-state index contributed by atoms with van der Waals surface area (Å²) in [4.78, 5) is 8.73. The summed E-state index contributed by atoms with van der Waals surface area (Å²) in [6.45, 7) is 5.35. The van der Waals surface area contributed by atoms with Crippen molar-refractivity contribution < 1.29 is 0 Å². The summed E-state index contributed by atoms with van der Waals surface area (Å²) in [6.07, 6.45) is 4.05. The molecule has 4 nitrogen and oxygen atoms in total. The molecule has 0 amide bonds. The van der Waals surface area contributed by atoms with Gasteiger partial charge in [0.1, 0.15) is 5.82 Å². The van der Waals surface area contributed by atoms with Crippen molar-refractivity contribution in [3.8, 4) is 0 Å². The third-order valence-electron chi connectivity index (χ3n) is 4.65. The number of nitrogens with zero attached hydrogens (tertiary/aromatic N) is 2. The van der Waals surface area contributed by atoms with Crippen LogP contribution in [0.15, 0.2) is 53.7 Å². The summed E-state index contributed by atoms with van der Waals surface area (Å²) in [6, 6.07) is 14.4. The van der Waals surface area contributed by atoms with Crippen LogP contribution >= 0.6 is 24.0 Å². The summed E-state index contributed by atoms with van der Waals surface area (Å²) in [5.41, 5.74) is 9.10. The fourth-order valence-corrected chi connectivity index (χ4v) is 3.30.